The third kappa shape index (κ3) is 3.56. The van der Waals surface area contributed by atoms with E-state index >= 15 is 0 Å². The summed E-state index contributed by atoms with van der Waals surface area (Å²) in [6.45, 7) is 0. The molecule has 3 nitrogen and oxygen atoms in total. The number of sulfonamides is 1. The van der Waals surface area contributed by atoms with Crippen molar-refractivity contribution < 1.29 is 8.42 Å². The number of halogens is 3. The number of nitrogens with one attached hydrogen (secondary N) is 1. The third-order valence-electron chi connectivity index (χ3n) is 3.31. The normalized spacial score (nSPS) is 18.7. The van der Waals surface area contributed by atoms with Crippen LogP contribution in [0.25, 0.3) is 0 Å². The topological polar surface area (TPSA) is 46.2 Å². The van der Waals surface area contributed by atoms with E-state index < -0.39 is 15.6 Å². The molecule has 2 rings (SSSR count). The van der Waals surface area contributed by atoms with Crippen LogP contribution in [-0.4, -0.2) is 19.8 Å². The molecule has 0 heterocycles. The Labute approximate surface area is 128 Å². The molecule has 0 unspecified atom stereocenters. The third-order valence-corrected chi connectivity index (χ3v) is 5.82. The average Bonchev–Trinajstić information content (AvgIpc) is 2.76. The van der Waals surface area contributed by atoms with Crippen molar-refractivity contribution >= 4 is 44.8 Å². The second-order valence-electron chi connectivity index (χ2n) is 4.83. The minimum atomic E-state index is -3.66. The molecule has 7 heteroatoms. The summed E-state index contributed by atoms with van der Waals surface area (Å²) in [7, 11) is -3.66. The van der Waals surface area contributed by atoms with Gasteiger partial charge in [0.15, 0.2) is 0 Å². The largest absolute Gasteiger partial charge is 0.241 e. The Morgan fingerprint density at radius 2 is 1.63 bits per heavy atom. The van der Waals surface area contributed by atoms with Crippen molar-refractivity contribution in [2.24, 2.45) is 0 Å². The first-order valence-electron chi connectivity index (χ1n) is 5.93. The molecule has 1 saturated carbocycles. The zero-order valence-electron chi connectivity index (χ0n) is 10.1. The summed E-state index contributed by atoms with van der Waals surface area (Å²) in [4.78, 5) is 0.0707. The van der Waals surface area contributed by atoms with E-state index in [1.54, 1.807) is 0 Å². The molecule has 0 atom stereocenters. The fourth-order valence-corrected chi connectivity index (χ4v) is 4.94. The van der Waals surface area contributed by atoms with Gasteiger partial charge in [0.1, 0.15) is 0 Å². The molecule has 19 heavy (non-hydrogen) atoms. The van der Waals surface area contributed by atoms with E-state index in [1.807, 2.05) is 0 Å². The van der Waals surface area contributed by atoms with Crippen LogP contribution in [0.3, 0.4) is 0 Å². The van der Waals surface area contributed by atoms with E-state index in [-0.39, 0.29) is 10.8 Å². The lowest BCUT2D eigenvalue weighted by atomic mass is 10.0. The summed E-state index contributed by atoms with van der Waals surface area (Å²) in [6, 6.07) is 4.26. The van der Waals surface area contributed by atoms with Gasteiger partial charge < -0.3 is 0 Å². The maximum atomic E-state index is 12.4. The predicted molar refractivity (Wildman–Crippen MR) is 78.7 cm³/mol. The summed E-state index contributed by atoms with van der Waals surface area (Å²) in [6.07, 6.45) is 3.46. The van der Waals surface area contributed by atoms with Gasteiger partial charge in [0, 0.05) is 21.5 Å². The average molecular weight is 343 g/mol. The summed E-state index contributed by atoms with van der Waals surface area (Å²) in [5.41, 5.74) is -0.546. The first-order chi connectivity index (χ1) is 8.87. The second kappa shape index (κ2) is 5.78. The lowest BCUT2D eigenvalue weighted by molar-refractivity contribution is 0.433. The van der Waals surface area contributed by atoms with Crippen molar-refractivity contribution in [2.75, 3.05) is 5.88 Å². The van der Waals surface area contributed by atoms with Gasteiger partial charge in [0.2, 0.25) is 10.0 Å². The van der Waals surface area contributed by atoms with Crippen LogP contribution in [0.2, 0.25) is 10.0 Å². The Bertz CT molecular complexity index is 548. The van der Waals surface area contributed by atoms with Crippen molar-refractivity contribution in [3.8, 4) is 0 Å². The monoisotopic (exact) mass is 341 g/mol. The molecule has 0 spiro atoms. The highest BCUT2D eigenvalue weighted by atomic mass is 35.5. The molecular formula is C12H14Cl3NO2S. The van der Waals surface area contributed by atoms with Crippen molar-refractivity contribution in [3.63, 3.8) is 0 Å². The molecule has 0 saturated heterocycles. The van der Waals surface area contributed by atoms with Crippen LogP contribution < -0.4 is 4.72 Å². The van der Waals surface area contributed by atoms with Crippen LogP contribution in [0.15, 0.2) is 23.1 Å². The van der Waals surface area contributed by atoms with Gasteiger partial charge in [-0.05, 0) is 31.0 Å². The van der Waals surface area contributed by atoms with Crippen LogP contribution in [0, 0.1) is 0 Å². The highest BCUT2D eigenvalue weighted by Gasteiger charge is 2.37. The number of hydrogen-bond donors (Lipinski definition) is 1. The van der Waals surface area contributed by atoms with Crippen LogP contribution in [0.5, 0.6) is 0 Å². The molecule has 1 aromatic rings. The summed E-state index contributed by atoms with van der Waals surface area (Å²) < 4.78 is 27.5. The Morgan fingerprint density at radius 3 is 2.11 bits per heavy atom. The van der Waals surface area contributed by atoms with E-state index in [4.69, 9.17) is 34.8 Å². The molecule has 1 fully saturated rings. The first-order valence-corrected chi connectivity index (χ1v) is 8.70. The standard InChI is InChI=1S/C12H14Cl3NO2S/c13-8-12(3-1-2-4-12)16-19(17,18)11-6-9(14)5-10(15)7-11/h5-7,16H,1-4,8H2. The lowest BCUT2D eigenvalue weighted by Gasteiger charge is -2.27. The van der Waals surface area contributed by atoms with Gasteiger partial charge in [-0.2, -0.15) is 0 Å². The van der Waals surface area contributed by atoms with Gasteiger partial charge in [-0.25, -0.2) is 13.1 Å². The zero-order valence-corrected chi connectivity index (χ0v) is 13.2. The molecule has 0 radical (unpaired) electrons. The Balaban J connectivity index is 2.32. The van der Waals surface area contributed by atoms with Crippen LogP contribution in [0.1, 0.15) is 25.7 Å². The van der Waals surface area contributed by atoms with Gasteiger partial charge in [-0.15, -0.1) is 11.6 Å². The molecule has 106 valence electrons. The van der Waals surface area contributed by atoms with Gasteiger partial charge in [-0.3, -0.25) is 0 Å². The van der Waals surface area contributed by atoms with E-state index in [1.165, 1.54) is 18.2 Å². The SMILES string of the molecule is O=S(=O)(NC1(CCl)CCCC1)c1cc(Cl)cc(Cl)c1. The smallest absolute Gasteiger partial charge is 0.207 e. The Hall–Kier alpha value is -0.000000000000000139. The first kappa shape index (κ1) is 15.4. The van der Waals surface area contributed by atoms with E-state index in [0.717, 1.165) is 25.7 Å². The van der Waals surface area contributed by atoms with Crippen molar-refractivity contribution in [1.82, 2.24) is 4.72 Å². The Morgan fingerprint density at radius 1 is 1.11 bits per heavy atom. The van der Waals surface area contributed by atoms with Gasteiger partial charge in [-0.1, -0.05) is 36.0 Å². The molecule has 1 aliphatic rings. The maximum Gasteiger partial charge on any atom is 0.241 e. The molecule has 0 aromatic heterocycles. The van der Waals surface area contributed by atoms with E-state index in [9.17, 15) is 8.42 Å². The van der Waals surface area contributed by atoms with Crippen LogP contribution in [-0.2, 0) is 10.0 Å². The lowest BCUT2D eigenvalue weighted by Crippen LogP contribution is -2.47. The molecule has 1 N–H and O–H groups in total. The minimum absolute atomic E-state index is 0.0707. The van der Waals surface area contributed by atoms with E-state index in [0.29, 0.717) is 10.0 Å². The minimum Gasteiger partial charge on any atom is -0.207 e. The fraction of sp³-hybridized carbons (Fsp3) is 0.500. The molecule has 0 aliphatic heterocycles. The van der Waals surface area contributed by atoms with Gasteiger partial charge >= 0.3 is 0 Å². The van der Waals surface area contributed by atoms with Crippen molar-refractivity contribution in [1.29, 1.82) is 0 Å². The van der Waals surface area contributed by atoms with Gasteiger partial charge in [0.25, 0.3) is 0 Å². The van der Waals surface area contributed by atoms with Crippen LogP contribution >= 0.6 is 34.8 Å². The van der Waals surface area contributed by atoms with Gasteiger partial charge in [0.05, 0.1) is 4.90 Å². The van der Waals surface area contributed by atoms with Crippen molar-refractivity contribution in [3.05, 3.63) is 28.2 Å². The summed E-state index contributed by atoms with van der Waals surface area (Å²) in [5.74, 6) is 0.264. The highest BCUT2D eigenvalue weighted by Crippen LogP contribution is 2.33. The number of alkyl halides is 1. The molecular weight excluding hydrogens is 329 g/mol. The van der Waals surface area contributed by atoms with Crippen molar-refractivity contribution in [2.45, 2.75) is 36.1 Å². The number of benzene rings is 1. The quantitative estimate of drug-likeness (QED) is 0.845. The maximum absolute atomic E-state index is 12.4. The van der Waals surface area contributed by atoms with Crippen LogP contribution in [0.4, 0.5) is 0 Å². The molecule has 0 amide bonds. The molecule has 0 bridgehead atoms. The summed E-state index contributed by atoms with van der Waals surface area (Å²) in [5, 5.41) is 0.582. The number of hydrogen-bond acceptors (Lipinski definition) is 2. The number of rotatable bonds is 4. The Kier molecular flexibility index (Phi) is 4.68. The second-order valence-corrected chi connectivity index (χ2v) is 7.65. The zero-order chi connectivity index (χ0) is 14.1. The van der Waals surface area contributed by atoms with E-state index in [2.05, 4.69) is 4.72 Å². The fourth-order valence-electron chi connectivity index (χ4n) is 2.34. The summed E-state index contributed by atoms with van der Waals surface area (Å²) >= 11 is 17.6. The molecule has 1 aliphatic carbocycles. The predicted octanol–water partition coefficient (Wildman–Crippen LogP) is 3.82. The highest BCUT2D eigenvalue weighted by molar-refractivity contribution is 7.89. The molecule has 1 aromatic carbocycles.